The Bertz CT molecular complexity index is 1090. The quantitative estimate of drug-likeness (QED) is 0.451. The fourth-order valence-corrected chi connectivity index (χ4v) is 4.84. The van der Waals surface area contributed by atoms with Crippen molar-refractivity contribution in [2.75, 3.05) is 24.3 Å². The first-order valence-electron chi connectivity index (χ1n) is 11.4. The van der Waals surface area contributed by atoms with Crippen LogP contribution >= 0.6 is 11.3 Å². The lowest BCUT2D eigenvalue weighted by molar-refractivity contribution is -0.122. The lowest BCUT2D eigenvalue weighted by atomic mass is 9.85. The molecule has 0 aliphatic heterocycles. The van der Waals surface area contributed by atoms with Gasteiger partial charge in [0.15, 0.2) is 0 Å². The van der Waals surface area contributed by atoms with Crippen LogP contribution in [0.4, 0.5) is 11.4 Å². The maximum absolute atomic E-state index is 13.6. The molecule has 1 aromatic heterocycles. The second-order valence-corrected chi connectivity index (χ2v) is 9.80. The topological polar surface area (TPSA) is 52.7 Å². The van der Waals surface area contributed by atoms with Gasteiger partial charge in [-0.3, -0.25) is 9.59 Å². The van der Waals surface area contributed by atoms with Crippen LogP contribution in [0.5, 0.6) is 0 Å². The number of thiophene rings is 1. The Kier molecular flexibility index (Phi) is 7.14. The summed E-state index contributed by atoms with van der Waals surface area (Å²) in [7, 11) is 4.00. The van der Waals surface area contributed by atoms with Crippen molar-refractivity contribution in [1.29, 1.82) is 0 Å². The first-order valence-corrected chi connectivity index (χ1v) is 12.3. The van der Waals surface area contributed by atoms with Crippen molar-refractivity contribution in [3.05, 3.63) is 82.0 Å². The van der Waals surface area contributed by atoms with Gasteiger partial charge >= 0.3 is 0 Å². The molecule has 172 valence electrons. The van der Waals surface area contributed by atoms with E-state index in [2.05, 4.69) is 24.4 Å². The number of carbonyl (C=O) groups is 2. The average Bonchev–Trinajstić information content (AvgIpc) is 3.31. The van der Waals surface area contributed by atoms with Gasteiger partial charge in [-0.25, -0.2) is 0 Å². The van der Waals surface area contributed by atoms with Crippen LogP contribution in [-0.4, -0.2) is 30.8 Å². The fourth-order valence-electron chi connectivity index (χ4n) is 4.16. The summed E-state index contributed by atoms with van der Waals surface area (Å²) in [5, 5.41) is 5.01. The number of nitrogens with one attached hydrogen (secondary N) is 1. The third-order valence-electron chi connectivity index (χ3n) is 6.39. The number of carbonyl (C=O) groups excluding carboxylic acids is 2. The van der Waals surface area contributed by atoms with E-state index < -0.39 is 0 Å². The first-order chi connectivity index (χ1) is 15.9. The number of rotatable bonds is 8. The van der Waals surface area contributed by atoms with Gasteiger partial charge in [0.1, 0.15) is 0 Å². The normalized spacial score (nSPS) is 14.3. The second-order valence-electron chi connectivity index (χ2n) is 8.85. The van der Waals surface area contributed by atoms with Gasteiger partial charge in [0.05, 0.1) is 10.9 Å². The third kappa shape index (κ3) is 5.28. The Morgan fingerprint density at radius 1 is 1.06 bits per heavy atom. The predicted octanol–water partition coefficient (Wildman–Crippen LogP) is 5.96. The van der Waals surface area contributed by atoms with E-state index in [9.17, 15) is 9.59 Å². The molecule has 1 aliphatic rings. The van der Waals surface area contributed by atoms with Gasteiger partial charge in [-0.2, -0.15) is 0 Å². The second kappa shape index (κ2) is 10.2. The minimum absolute atomic E-state index is 0.00923. The SMILES string of the molecule is C[C@@H](c1ccccc1)N(Cc1cc(NC(=O)C2CCC2)ccc1N(C)C)C(=O)c1cccs1. The summed E-state index contributed by atoms with van der Waals surface area (Å²) < 4.78 is 0. The van der Waals surface area contributed by atoms with Crippen LogP contribution in [-0.2, 0) is 11.3 Å². The van der Waals surface area contributed by atoms with E-state index in [0.29, 0.717) is 6.54 Å². The lowest BCUT2D eigenvalue weighted by Gasteiger charge is -2.31. The minimum atomic E-state index is -0.107. The Hall–Kier alpha value is -3.12. The zero-order chi connectivity index (χ0) is 23.4. The van der Waals surface area contributed by atoms with Crippen molar-refractivity contribution in [2.24, 2.45) is 5.92 Å². The van der Waals surface area contributed by atoms with Crippen LogP contribution in [0.2, 0.25) is 0 Å². The molecule has 1 aliphatic carbocycles. The van der Waals surface area contributed by atoms with Crippen LogP contribution in [0.3, 0.4) is 0 Å². The molecule has 2 amide bonds. The largest absolute Gasteiger partial charge is 0.377 e. The molecule has 5 nitrogen and oxygen atoms in total. The van der Waals surface area contributed by atoms with E-state index in [-0.39, 0.29) is 23.8 Å². The lowest BCUT2D eigenvalue weighted by Crippen LogP contribution is -2.33. The highest BCUT2D eigenvalue weighted by atomic mass is 32.1. The van der Waals surface area contributed by atoms with Gasteiger partial charge in [-0.15, -0.1) is 11.3 Å². The molecule has 0 spiro atoms. The Morgan fingerprint density at radius 2 is 1.82 bits per heavy atom. The van der Waals surface area contributed by atoms with Crippen molar-refractivity contribution in [3.63, 3.8) is 0 Å². The van der Waals surface area contributed by atoms with Crippen molar-refractivity contribution in [3.8, 4) is 0 Å². The summed E-state index contributed by atoms with van der Waals surface area (Å²) in [5.41, 5.74) is 3.90. The van der Waals surface area contributed by atoms with E-state index in [1.165, 1.54) is 11.3 Å². The zero-order valence-electron chi connectivity index (χ0n) is 19.5. The molecule has 33 heavy (non-hydrogen) atoms. The van der Waals surface area contributed by atoms with Gasteiger partial charge in [-0.1, -0.05) is 42.8 Å². The van der Waals surface area contributed by atoms with Gasteiger partial charge in [-0.05, 0) is 60.5 Å². The van der Waals surface area contributed by atoms with Gasteiger partial charge < -0.3 is 15.1 Å². The van der Waals surface area contributed by atoms with E-state index >= 15 is 0 Å². The number of hydrogen-bond donors (Lipinski definition) is 1. The molecule has 6 heteroatoms. The Balaban J connectivity index is 1.66. The predicted molar refractivity (Wildman–Crippen MR) is 136 cm³/mol. The fraction of sp³-hybridized carbons (Fsp3) is 0.333. The molecule has 1 atom stereocenters. The maximum Gasteiger partial charge on any atom is 0.264 e. The smallest absolute Gasteiger partial charge is 0.264 e. The van der Waals surface area contributed by atoms with E-state index in [4.69, 9.17) is 0 Å². The first kappa shape index (κ1) is 23.1. The van der Waals surface area contributed by atoms with Crippen molar-refractivity contribution in [1.82, 2.24) is 4.90 Å². The Morgan fingerprint density at radius 3 is 2.42 bits per heavy atom. The van der Waals surface area contributed by atoms with Crippen molar-refractivity contribution >= 4 is 34.5 Å². The highest BCUT2D eigenvalue weighted by Gasteiger charge is 2.27. The molecule has 2 aromatic carbocycles. The van der Waals surface area contributed by atoms with Crippen molar-refractivity contribution < 1.29 is 9.59 Å². The Labute approximate surface area is 200 Å². The third-order valence-corrected chi connectivity index (χ3v) is 7.25. The molecule has 4 rings (SSSR count). The molecule has 1 heterocycles. The molecule has 0 unspecified atom stereocenters. The summed E-state index contributed by atoms with van der Waals surface area (Å²) in [4.78, 5) is 30.8. The highest BCUT2D eigenvalue weighted by Crippen LogP contribution is 2.32. The van der Waals surface area contributed by atoms with Crippen LogP contribution in [0, 0.1) is 5.92 Å². The maximum atomic E-state index is 13.6. The molecule has 0 bridgehead atoms. The summed E-state index contributed by atoms with van der Waals surface area (Å²) in [6, 6.07) is 19.8. The van der Waals surface area contributed by atoms with Crippen LogP contribution < -0.4 is 10.2 Å². The number of hydrogen-bond acceptors (Lipinski definition) is 4. The summed E-state index contributed by atoms with van der Waals surface area (Å²) >= 11 is 1.46. The highest BCUT2D eigenvalue weighted by molar-refractivity contribution is 7.12. The van der Waals surface area contributed by atoms with E-state index in [1.807, 2.05) is 77.8 Å². The zero-order valence-corrected chi connectivity index (χ0v) is 20.3. The minimum Gasteiger partial charge on any atom is -0.377 e. The summed E-state index contributed by atoms with van der Waals surface area (Å²) in [6.07, 6.45) is 3.05. The van der Waals surface area contributed by atoms with E-state index in [1.54, 1.807) is 0 Å². The molecule has 0 saturated heterocycles. The molecule has 3 aromatic rings. The summed E-state index contributed by atoms with van der Waals surface area (Å²) in [6.45, 7) is 2.51. The average molecular weight is 462 g/mol. The van der Waals surface area contributed by atoms with Crippen LogP contribution in [0.1, 0.15) is 53.0 Å². The molecule has 0 radical (unpaired) electrons. The molecule has 1 saturated carbocycles. The standard InChI is InChI=1S/C27H31N3O2S/c1-19(20-9-5-4-6-10-20)30(27(32)25-13-8-16-33-25)18-22-17-23(14-15-24(22)29(2)3)28-26(31)21-11-7-12-21/h4-6,8-10,13-17,19,21H,7,11-12,18H2,1-3H3,(H,28,31)/t19-/m0/s1. The van der Waals surface area contributed by atoms with Crippen LogP contribution in [0.25, 0.3) is 0 Å². The monoisotopic (exact) mass is 461 g/mol. The number of benzene rings is 2. The summed E-state index contributed by atoms with van der Waals surface area (Å²) in [5.74, 6) is 0.223. The number of nitrogens with zero attached hydrogens (tertiary/aromatic N) is 2. The molecular weight excluding hydrogens is 430 g/mol. The van der Waals surface area contributed by atoms with Gasteiger partial charge in [0, 0.05) is 37.9 Å². The van der Waals surface area contributed by atoms with Crippen molar-refractivity contribution in [2.45, 2.75) is 38.8 Å². The molecular formula is C27H31N3O2S. The van der Waals surface area contributed by atoms with E-state index in [0.717, 1.165) is 46.6 Å². The molecule has 1 fully saturated rings. The van der Waals surface area contributed by atoms with Gasteiger partial charge in [0.2, 0.25) is 5.91 Å². The van der Waals surface area contributed by atoms with Gasteiger partial charge in [0.25, 0.3) is 5.91 Å². The van der Waals surface area contributed by atoms with Crippen LogP contribution in [0.15, 0.2) is 66.0 Å². The number of amides is 2. The number of anilines is 2. The molecule has 1 N–H and O–H groups in total.